The summed E-state index contributed by atoms with van der Waals surface area (Å²) in [6, 6.07) is 24.8. The number of ether oxygens (including phenoxy) is 4. The summed E-state index contributed by atoms with van der Waals surface area (Å²) in [5, 5.41) is 17.5. The largest absolute Gasteiger partial charge is 0.491 e. The van der Waals surface area contributed by atoms with Gasteiger partial charge < -0.3 is 27.8 Å². The highest BCUT2D eigenvalue weighted by Gasteiger charge is 2.12. The van der Waals surface area contributed by atoms with E-state index < -0.39 is 11.6 Å². The van der Waals surface area contributed by atoms with Gasteiger partial charge in [0, 0.05) is 61.8 Å². The Bertz CT molecular complexity index is 2770. The van der Waals surface area contributed by atoms with E-state index in [1.54, 1.807) is 57.9 Å². The first kappa shape index (κ1) is 45.4. The molecular weight excluding hydrogens is 855 g/mol. The third-order valence-electron chi connectivity index (χ3n) is 10.5. The third-order valence-corrected chi connectivity index (χ3v) is 10.5. The molecule has 0 aliphatic carbocycles. The van der Waals surface area contributed by atoms with Gasteiger partial charge in [0.15, 0.2) is 10.9 Å². The Morgan fingerprint density at radius 2 is 0.970 bits per heavy atom. The molecule has 0 bridgehead atoms. The van der Waals surface area contributed by atoms with Crippen molar-refractivity contribution >= 4 is 21.9 Å². The second-order valence-electron chi connectivity index (χ2n) is 15.6. The number of likely N-dealkylation sites (N-methyl/N-ethyl adjacent to an activating group) is 2. The van der Waals surface area contributed by atoms with Crippen molar-refractivity contribution in [3.63, 3.8) is 0 Å². The number of benzene rings is 4. The fourth-order valence-electron chi connectivity index (χ4n) is 7.02. The van der Waals surface area contributed by atoms with Gasteiger partial charge in [-0.1, -0.05) is 10.4 Å². The van der Waals surface area contributed by atoms with Crippen LogP contribution in [0.4, 0.5) is 8.78 Å². The predicted molar refractivity (Wildman–Crippen MR) is 241 cm³/mol. The SMILES string of the molecule is CN(CCN(C)Cc1cn(CCOCCOc2ccc(-c3cc(=O)c4cc(F)ccc4o3)cc2)nn1)Cc1cn(CCOCCOc2ccc(-c3cc(=O)c4cc(F)ccc4o3)cc2)nn1. The second-order valence-corrected chi connectivity index (χ2v) is 15.6. The lowest BCUT2D eigenvalue weighted by molar-refractivity contribution is 0.0923. The van der Waals surface area contributed by atoms with E-state index in [1.807, 2.05) is 26.5 Å². The van der Waals surface area contributed by atoms with Crippen molar-refractivity contribution in [3.8, 4) is 34.1 Å². The summed E-state index contributed by atoms with van der Waals surface area (Å²) in [6.45, 7) is 6.44. The van der Waals surface area contributed by atoms with E-state index in [2.05, 4.69) is 30.4 Å². The van der Waals surface area contributed by atoms with Crippen LogP contribution >= 0.6 is 0 Å². The molecule has 18 heteroatoms. The zero-order chi connectivity index (χ0) is 45.8. The summed E-state index contributed by atoms with van der Waals surface area (Å²) in [5.74, 6) is 1.11. The fraction of sp³-hybridized carbons (Fsp3) is 0.292. The Labute approximate surface area is 377 Å². The number of hydrogen-bond acceptors (Lipinski definition) is 14. The van der Waals surface area contributed by atoms with Crippen LogP contribution < -0.4 is 20.3 Å². The molecule has 8 rings (SSSR count). The average Bonchev–Trinajstić information content (AvgIpc) is 3.97. The molecule has 4 aromatic heterocycles. The van der Waals surface area contributed by atoms with Crippen LogP contribution in [0.5, 0.6) is 11.5 Å². The lowest BCUT2D eigenvalue weighted by Gasteiger charge is -2.20. The molecule has 0 atom stereocenters. The number of nitrogens with zero attached hydrogens (tertiary/aromatic N) is 8. The Hall–Kier alpha value is -7.12. The van der Waals surface area contributed by atoms with E-state index in [-0.39, 0.29) is 21.6 Å². The minimum Gasteiger partial charge on any atom is -0.491 e. The molecule has 0 N–H and O–H groups in total. The molecule has 4 aromatic carbocycles. The van der Waals surface area contributed by atoms with Crippen molar-refractivity contribution in [2.24, 2.45) is 0 Å². The summed E-state index contributed by atoms with van der Waals surface area (Å²) in [4.78, 5) is 29.3. The van der Waals surface area contributed by atoms with Gasteiger partial charge in [-0.25, -0.2) is 18.1 Å². The Balaban J connectivity index is 0.655. The Kier molecular flexibility index (Phi) is 14.9. The van der Waals surface area contributed by atoms with E-state index in [4.69, 9.17) is 27.8 Å². The number of hydrogen-bond donors (Lipinski definition) is 0. The zero-order valence-electron chi connectivity index (χ0n) is 36.5. The summed E-state index contributed by atoms with van der Waals surface area (Å²) < 4.78 is 65.3. The predicted octanol–water partition coefficient (Wildman–Crippen LogP) is 6.45. The van der Waals surface area contributed by atoms with Crippen LogP contribution in [0.15, 0.2) is 128 Å². The molecule has 0 saturated heterocycles. The lowest BCUT2D eigenvalue weighted by atomic mass is 10.1. The van der Waals surface area contributed by atoms with E-state index in [0.29, 0.717) is 111 Å². The highest BCUT2D eigenvalue weighted by molar-refractivity contribution is 5.79. The monoisotopic (exact) mass is 902 g/mol. The maximum atomic E-state index is 13.5. The molecule has 8 aromatic rings. The van der Waals surface area contributed by atoms with Crippen LogP contribution in [-0.4, -0.2) is 107 Å². The third kappa shape index (κ3) is 12.4. The number of fused-ring (bicyclic) bond motifs is 2. The van der Waals surface area contributed by atoms with Crippen molar-refractivity contribution in [1.82, 2.24) is 39.8 Å². The molecule has 0 aliphatic rings. The van der Waals surface area contributed by atoms with Gasteiger partial charge in [0.1, 0.15) is 59.0 Å². The number of halogens is 2. The van der Waals surface area contributed by atoms with Gasteiger partial charge in [-0.2, -0.15) is 0 Å². The van der Waals surface area contributed by atoms with Gasteiger partial charge in [0.2, 0.25) is 0 Å². The van der Waals surface area contributed by atoms with Gasteiger partial charge in [-0.05, 0) is 99.0 Å². The van der Waals surface area contributed by atoms with E-state index in [1.165, 1.54) is 48.5 Å². The standard InChI is InChI=1S/C48H48F2N8O8/c1-55(29-37-31-57(53-51-37)17-19-61-21-23-63-39-9-3-33(4-10-39)47-27-43(59)41-25-35(49)7-13-45(41)65-47)15-16-56(2)30-38-32-58(54-52-38)18-20-62-22-24-64-40-11-5-34(6-12-40)48-28-44(60)42-26-36(50)8-14-46(42)66-48/h3-14,25-28,31-32H,15-24,29-30H2,1-2H3. The van der Waals surface area contributed by atoms with Gasteiger partial charge in [-0.15, -0.1) is 10.2 Å². The van der Waals surface area contributed by atoms with Crippen molar-refractivity contribution in [3.05, 3.63) is 153 Å². The van der Waals surface area contributed by atoms with Gasteiger partial charge in [0.05, 0.1) is 61.7 Å². The first-order valence-electron chi connectivity index (χ1n) is 21.4. The van der Waals surface area contributed by atoms with Gasteiger partial charge >= 0.3 is 0 Å². The molecular formula is C48H48F2N8O8. The smallest absolute Gasteiger partial charge is 0.193 e. The average molecular weight is 903 g/mol. The van der Waals surface area contributed by atoms with Gasteiger partial charge in [-0.3, -0.25) is 19.4 Å². The van der Waals surface area contributed by atoms with Gasteiger partial charge in [0.25, 0.3) is 0 Å². The minimum atomic E-state index is -0.487. The Morgan fingerprint density at radius 1 is 0.545 bits per heavy atom. The summed E-state index contributed by atoms with van der Waals surface area (Å²) >= 11 is 0. The van der Waals surface area contributed by atoms with Crippen LogP contribution in [0.25, 0.3) is 44.6 Å². The highest BCUT2D eigenvalue weighted by Crippen LogP contribution is 2.26. The number of rotatable bonds is 23. The van der Waals surface area contributed by atoms with E-state index in [9.17, 15) is 18.4 Å². The van der Waals surface area contributed by atoms with E-state index in [0.717, 1.165) is 24.5 Å². The maximum Gasteiger partial charge on any atom is 0.193 e. The molecule has 16 nitrogen and oxygen atoms in total. The molecule has 342 valence electrons. The van der Waals surface area contributed by atoms with Crippen molar-refractivity contribution in [2.45, 2.75) is 26.2 Å². The Morgan fingerprint density at radius 3 is 1.39 bits per heavy atom. The van der Waals surface area contributed by atoms with Crippen molar-refractivity contribution in [2.75, 3.05) is 66.8 Å². The van der Waals surface area contributed by atoms with E-state index >= 15 is 0 Å². The topological polar surface area (TPSA) is 165 Å². The fourth-order valence-corrected chi connectivity index (χ4v) is 7.02. The first-order valence-corrected chi connectivity index (χ1v) is 21.4. The molecule has 0 fully saturated rings. The maximum absolute atomic E-state index is 13.5. The molecule has 0 aliphatic heterocycles. The normalized spacial score (nSPS) is 11.7. The van der Waals surface area contributed by atoms with Crippen LogP contribution in [0, 0.1) is 11.6 Å². The van der Waals surface area contributed by atoms with Crippen molar-refractivity contribution < 1.29 is 36.6 Å². The molecule has 4 heterocycles. The zero-order valence-corrected chi connectivity index (χ0v) is 36.5. The summed E-state index contributed by atoms with van der Waals surface area (Å²) in [7, 11) is 4.09. The minimum absolute atomic E-state index is 0.201. The van der Waals surface area contributed by atoms with Crippen LogP contribution in [-0.2, 0) is 35.7 Å². The lowest BCUT2D eigenvalue weighted by Crippen LogP contribution is -2.30. The van der Waals surface area contributed by atoms with Crippen LogP contribution in [0.2, 0.25) is 0 Å². The highest BCUT2D eigenvalue weighted by atomic mass is 19.1. The summed E-state index contributed by atoms with van der Waals surface area (Å²) in [6.07, 6.45) is 3.85. The second kappa shape index (κ2) is 21.7. The molecule has 0 radical (unpaired) electrons. The van der Waals surface area contributed by atoms with Crippen molar-refractivity contribution in [1.29, 1.82) is 0 Å². The molecule has 0 saturated carbocycles. The van der Waals surface area contributed by atoms with Crippen LogP contribution in [0.3, 0.4) is 0 Å². The molecule has 0 amide bonds. The van der Waals surface area contributed by atoms with Crippen LogP contribution in [0.1, 0.15) is 11.4 Å². The summed E-state index contributed by atoms with van der Waals surface area (Å²) in [5.41, 5.74) is 3.17. The molecule has 0 unspecified atom stereocenters. The number of aromatic nitrogens is 6. The quantitative estimate of drug-likeness (QED) is 0.0643. The molecule has 66 heavy (non-hydrogen) atoms. The first-order chi connectivity index (χ1) is 32.1. The molecule has 0 spiro atoms.